The minimum atomic E-state index is -0.115. The molecule has 1 heterocycles. The van der Waals surface area contributed by atoms with Crippen LogP contribution in [-0.4, -0.2) is 35.5 Å². The standard InChI is InChI=1S/C21H29NO3/c1-13-2-3-17-18(6-13)20(24)22(19(17)23)4-5-25-21-10-14-7-15(11-21)9-16(8-14)12-21/h2,14-18H,3-12H2,1H3/t14?,15?,16?,17-,18+,21?/m1/s1. The van der Waals surface area contributed by atoms with Gasteiger partial charge >= 0.3 is 0 Å². The maximum Gasteiger partial charge on any atom is 0.233 e. The van der Waals surface area contributed by atoms with Crippen LogP contribution in [0.25, 0.3) is 0 Å². The van der Waals surface area contributed by atoms with Crippen molar-refractivity contribution in [3.05, 3.63) is 11.6 Å². The fourth-order valence-electron chi connectivity index (χ4n) is 6.89. The van der Waals surface area contributed by atoms with Crippen LogP contribution in [0.1, 0.15) is 58.3 Å². The first-order valence-electron chi connectivity index (χ1n) is 10.2. The highest BCUT2D eigenvalue weighted by Gasteiger charge is 2.52. The van der Waals surface area contributed by atoms with E-state index < -0.39 is 0 Å². The van der Waals surface area contributed by atoms with Crippen molar-refractivity contribution in [2.45, 2.75) is 63.9 Å². The smallest absolute Gasteiger partial charge is 0.233 e. The highest BCUT2D eigenvalue weighted by Crippen LogP contribution is 2.57. The summed E-state index contributed by atoms with van der Waals surface area (Å²) in [6.45, 7) is 3.04. The molecule has 6 rings (SSSR count). The Morgan fingerprint density at radius 2 is 1.64 bits per heavy atom. The average Bonchev–Trinajstić information content (AvgIpc) is 2.78. The van der Waals surface area contributed by atoms with Gasteiger partial charge in [-0.05, 0) is 76.0 Å². The number of fused-ring (bicyclic) bond motifs is 1. The number of imide groups is 1. The molecule has 4 saturated carbocycles. The van der Waals surface area contributed by atoms with Crippen LogP contribution in [-0.2, 0) is 14.3 Å². The van der Waals surface area contributed by atoms with Crippen LogP contribution in [0.2, 0.25) is 0 Å². The summed E-state index contributed by atoms with van der Waals surface area (Å²) in [4.78, 5) is 26.8. The molecule has 0 aromatic carbocycles. The van der Waals surface area contributed by atoms with Crippen molar-refractivity contribution in [3.63, 3.8) is 0 Å². The third-order valence-corrected chi connectivity index (χ3v) is 7.62. The van der Waals surface area contributed by atoms with Gasteiger partial charge in [-0.25, -0.2) is 0 Å². The Morgan fingerprint density at radius 3 is 2.28 bits per heavy atom. The molecule has 0 unspecified atom stereocenters. The number of allylic oxidation sites excluding steroid dienone is 2. The molecule has 0 N–H and O–H groups in total. The summed E-state index contributed by atoms with van der Waals surface area (Å²) < 4.78 is 6.42. The molecule has 0 spiro atoms. The van der Waals surface area contributed by atoms with E-state index in [4.69, 9.17) is 4.74 Å². The van der Waals surface area contributed by atoms with Gasteiger partial charge in [-0.3, -0.25) is 14.5 Å². The predicted molar refractivity (Wildman–Crippen MR) is 93.5 cm³/mol. The number of nitrogens with zero attached hydrogens (tertiary/aromatic N) is 1. The second kappa shape index (κ2) is 5.67. The number of carbonyl (C=O) groups excluding carboxylic acids is 2. The maximum atomic E-state index is 12.7. The molecule has 0 radical (unpaired) electrons. The summed E-state index contributed by atoms with van der Waals surface area (Å²) in [5, 5.41) is 0. The second-order valence-corrected chi connectivity index (χ2v) is 9.48. The first kappa shape index (κ1) is 16.0. The van der Waals surface area contributed by atoms with Crippen molar-refractivity contribution in [2.24, 2.45) is 29.6 Å². The number of likely N-dealkylation sites (tertiary alicyclic amines) is 1. The lowest BCUT2D eigenvalue weighted by Crippen LogP contribution is -2.52. The Morgan fingerprint density at radius 1 is 1.04 bits per heavy atom. The molecule has 1 aliphatic heterocycles. The topological polar surface area (TPSA) is 46.6 Å². The Kier molecular flexibility index (Phi) is 3.64. The lowest BCUT2D eigenvalue weighted by atomic mass is 9.54. The van der Waals surface area contributed by atoms with E-state index in [1.807, 2.05) is 0 Å². The molecular weight excluding hydrogens is 314 g/mol. The Bertz CT molecular complexity index is 602. The van der Waals surface area contributed by atoms with Crippen LogP contribution >= 0.6 is 0 Å². The van der Waals surface area contributed by atoms with Gasteiger partial charge in [-0.1, -0.05) is 11.6 Å². The molecule has 6 aliphatic rings. The third kappa shape index (κ3) is 2.59. The predicted octanol–water partition coefficient (Wildman–Crippen LogP) is 3.31. The molecule has 4 bridgehead atoms. The number of ether oxygens (including phenoxy) is 1. The van der Waals surface area contributed by atoms with Crippen molar-refractivity contribution >= 4 is 11.8 Å². The summed E-state index contributed by atoms with van der Waals surface area (Å²) in [6, 6.07) is 0. The van der Waals surface area contributed by atoms with Crippen molar-refractivity contribution in [1.82, 2.24) is 4.90 Å². The van der Waals surface area contributed by atoms with Gasteiger partial charge < -0.3 is 4.74 Å². The first-order chi connectivity index (χ1) is 12.0. The van der Waals surface area contributed by atoms with E-state index in [2.05, 4.69) is 13.0 Å². The van der Waals surface area contributed by atoms with Gasteiger partial charge in [0.05, 0.1) is 30.6 Å². The Balaban J connectivity index is 1.21. The van der Waals surface area contributed by atoms with Crippen LogP contribution in [0.15, 0.2) is 11.6 Å². The summed E-state index contributed by atoms with van der Waals surface area (Å²) in [5.41, 5.74) is 1.31. The zero-order chi connectivity index (χ0) is 17.2. The van der Waals surface area contributed by atoms with E-state index in [1.165, 1.54) is 49.0 Å². The highest BCUT2D eigenvalue weighted by atomic mass is 16.5. The SMILES string of the molecule is CC1=CC[C@H]2C(=O)N(CCOC34CC5CC(CC(C5)C3)C4)C(=O)[C@H]2C1. The number of rotatable bonds is 4. The van der Waals surface area contributed by atoms with Crippen LogP contribution < -0.4 is 0 Å². The fourth-order valence-corrected chi connectivity index (χ4v) is 6.89. The molecule has 5 fully saturated rings. The third-order valence-electron chi connectivity index (χ3n) is 7.62. The molecule has 4 nitrogen and oxygen atoms in total. The van der Waals surface area contributed by atoms with Crippen molar-refractivity contribution in [1.29, 1.82) is 0 Å². The minimum Gasteiger partial charge on any atom is -0.373 e. The van der Waals surface area contributed by atoms with Gasteiger partial charge in [0.1, 0.15) is 0 Å². The quantitative estimate of drug-likeness (QED) is 0.581. The van der Waals surface area contributed by atoms with Crippen LogP contribution in [0.4, 0.5) is 0 Å². The van der Waals surface area contributed by atoms with Crippen LogP contribution in [0.3, 0.4) is 0 Å². The normalized spacial score (nSPS) is 45.1. The molecule has 25 heavy (non-hydrogen) atoms. The zero-order valence-corrected chi connectivity index (χ0v) is 15.2. The average molecular weight is 343 g/mol. The molecule has 0 aromatic heterocycles. The summed E-state index contributed by atoms with van der Waals surface area (Å²) in [7, 11) is 0. The summed E-state index contributed by atoms with van der Waals surface area (Å²) >= 11 is 0. The largest absolute Gasteiger partial charge is 0.373 e. The van der Waals surface area contributed by atoms with Gasteiger partial charge in [-0.15, -0.1) is 0 Å². The first-order valence-corrected chi connectivity index (χ1v) is 10.2. The maximum absolute atomic E-state index is 12.7. The lowest BCUT2D eigenvalue weighted by Gasteiger charge is -2.56. The van der Waals surface area contributed by atoms with Gasteiger partial charge in [-0.2, -0.15) is 0 Å². The van der Waals surface area contributed by atoms with Crippen molar-refractivity contribution in [3.8, 4) is 0 Å². The second-order valence-electron chi connectivity index (χ2n) is 9.48. The number of carbonyl (C=O) groups is 2. The van der Waals surface area contributed by atoms with E-state index in [-0.39, 0.29) is 29.3 Å². The monoisotopic (exact) mass is 343 g/mol. The van der Waals surface area contributed by atoms with Crippen LogP contribution in [0, 0.1) is 29.6 Å². The van der Waals surface area contributed by atoms with Crippen molar-refractivity contribution in [2.75, 3.05) is 13.2 Å². The Labute approximate surface area is 150 Å². The van der Waals surface area contributed by atoms with E-state index in [0.29, 0.717) is 13.2 Å². The minimum absolute atomic E-state index is 0.0351. The molecule has 4 heteroatoms. The van der Waals surface area contributed by atoms with E-state index >= 15 is 0 Å². The fraction of sp³-hybridized carbons (Fsp3) is 0.810. The van der Waals surface area contributed by atoms with Crippen LogP contribution in [0.5, 0.6) is 0 Å². The molecular formula is C21H29NO3. The van der Waals surface area contributed by atoms with Gasteiger partial charge in [0.15, 0.2) is 0 Å². The van der Waals surface area contributed by atoms with E-state index in [9.17, 15) is 9.59 Å². The van der Waals surface area contributed by atoms with Gasteiger partial charge in [0, 0.05) is 0 Å². The van der Waals surface area contributed by atoms with Gasteiger partial charge in [0.2, 0.25) is 11.8 Å². The zero-order valence-electron chi connectivity index (χ0n) is 15.2. The van der Waals surface area contributed by atoms with Gasteiger partial charge in [0.25, 0.3) is 0 Å². The highest BCUT2D eigenvalue weighted by molar-refractivity contribution is 6.05. The Hall–Kier alpha value is -1.16. The number of hydrogen-bond donors (Lipinski definition) is 0. The molecule has 2 atom stereocenters. The lowest BCUT2D eigenvalue weighted by molar-refractivity contribution is -0.167. The molecule has 0 aromatic rings. The number of hydrogen-bond acceptors (Lipinski definition) is 3. The van der Waals surface area contributed by atoms with E-state index in [0.717, 1.165) is 30.6 Å². The summed E-state index contributed by atoms with van der Waals surface area (Å²) in [5.74, 6) is 2.42. The van der Waals surface area contributed by atoms with Crippen molar-refractivity contribution < 1.29 is 14.3 Å². The molecule has 2 amide bonds. The summed E-state index contributed by atoms with van der Waals surface area (Å²) in [6.07, 6.45) is 11.4. The molecule has 1 saturated heterocycles. The number of amides is 2. The van der Waals surface area contributed by atoms with E-state index in [1.54, 1.807) is 0 Å². The molecule has 136 valence electrons. The molecule has 5 aliphatic carbocycles.